The smallest absolute Gasteiger partial charge is 0.317 e. The number of hydrogen-bond acceptors (Lipinski definition) is 2. The first-order chi connectivity index (χ1) is 10.3. The van der Waals surface area contributed by atoms with E-state index in [4.69, 9.17) is 4.74 Å². The Labute approximate surface area is 124 Å². The maximum absolute atomic E-state index is 11.8. The number of amides is 2. The molecular formula is C17H18N2O2. The molecular weight excluding hydrogens is 264 g/mol. The van der Waals surface area contributed by atoms with Crippen molar-refractivity contribution in [2.75, 3.05) is 13.1 Å². The molecule has 1 aliphatic rings. The van der Waals surface area contributed by atoms with Crippen molar-refractivity contribution in [1.82, 2.24) is 10.2 Å². The lowest BCUT2D eigenvalue weighted by atomic mass is 10.2. The number of benzene rings is 2. The average Bonchev–Trinajstić information content (AvgIpc) is 2.45. The summed E-state index contributed by atoms with van der Waals surface area (Å²) in [5.74, 6) is 1.58. The predicted octanol–water partition coefficient (Wildman–Crippen LogP) is 3.39. The van der Waals surface area contributed by atoms with Crippen molar-refractivity contribution in [1.29, 1.82) is 0 Å². The third-order valence-corrected chi connectivity index (χ3v) is 3.46. The summed E-state index contributed by atoms with van der Waals surface area (Å²) in [6.45, 7) is 2.24. The van der Waals surface area contributed by atoms with Crippen LogP contribution in [0.2, 0.25) is 0 Å². The highest BCUT2D eigenvalue weighted by molar-refractivity contribution is 5.74. The van der Waals surface area contributed by atoms with Gasteiger partial charge in [-0.05, 0) is 36.2 Å². The summed E-state index contributed by atoms with van der Waals surface area (Å²) < 4.78 is 5.78. The Hall–Kier alpha value is -2.49. The van der Waals surface area contributed by atoms with E-state index in [0.717, 1.165) is 36.6 Å². The molecule has 3 rings (SSSR count). The Bertz CT molecular complexity index is 609. The van der Waals surface area contributed by atoms with E-state index in [1.165, 1.54) is 0 Å². The molecule has 1 heterocycles. The van der Waals surface area contributed by atoms with E-state index in [2.05, 4.69) is 5.32 Å². The summed E-state index contributed by atoms with van der Waals surface area (Å²) in [5, 5.41) is 2.92. The van der Waals surface area contributed by atoms with E-state index in [9.17, 15) is 4.79 Å². The number of carbonyl (C=O) groups excluding carboxylic acids is 1. The lowest BCUT2D eigenvalue weighted by Crippen LogP contribution is -2.47. The third kappa shape index (κ3) is 3.54. The number of nitrogens with zero attached hydrogens (tertiary/aromatic N) is 1. The van der Waals surface area contributed by atoms with Crippen molar-refractivity contribution in [3.63, 3.8) is 0 Å². The fourth-order valence-electron chi connectivity index (χ4n) is 2.15. The van der Waals surface area contributed by atoms with Crippen LogP contribution in [0.5, 0.6) is 11.5 Å². The summed E-state index contributed by atoms with van der Waals surface area (Å²) in [6, 6.07) is 17.4. The topological polar surface area (TPSA) is 41.6 Å². The fourth-order valence-corrected chi connectivity index (χ4v) is 2.15. The van der Waals surface area contributed by atoms with Gasteiger partial charge in [-0.25, -0.2) is 4.79 Å². The van der Waals surface area contributed by atoms with Crippen LogP contribution < -0.4 is 10.1 Å². The molecule has 0 aliphatic carbocycles. The second-order valence-electron chi connectivity index (χ2n) is 5.06. The largest absolute Gasteiger partial charge is 0.457 e. The molecule has 0 spiro atoms. The lowest BCUT2D eigenvalue weighted by Gasteiger charge is -2.30. The highest BCUT2D eigenvalue weighted by Gasteiger charge is 2.19. The molecule has 1 saturated heterocycles. The van der Waals surface area contributed by atoms with Crippen molar-refractivity contribution in [3.8, 4) is 11.5 Å². The van der Waals surface area contributed by atoms with Crippen molar-refractivity contribution in [3.05, 3.63) is 60.2 Å². The number of ether oxygens (including phenoxy) is 1. The SMILES string of the molecule is O=C(NCc1cccc(Oc2ccccc2)c1)N1CCC1. The van der Waals surface area contributed by atoms with Crippen LogP contribution in [-0.2, 0) is 6.54 Å². The van der Waals surface area contributed by atoms with E-state index in [1.54, 1.807) is 0 Å². The maximum Gasteiger partial charge on any atom is 0.317 e. The summed E-state index contributed by atoms with van der Waals surface area (Å²) in [5.41, 5.74) is 1.03. The second-order valence-corrected chi connectivity index (χ2v) is 5.06. The maximum atomic E-state index is 11.8. The van der Waals surface area contributed by atoms with Gasteiger partial charge < -0.3 is 15.0 Å². The molecule has 1 fully saturated rings. The number of para-hydroxylation sites is 1. The van der Waals surface area contributed by atoms with Crippen molar-refractivity contribution < 1.29 is 9.53 Å². The molecule has 4 heteroatoms. The number of rotatable bonds is 4. The number of likely N-dealkylation sites (tertiary alicyclic amines) is 1. The molecule has 0 saturated carbocycles. The van der Waals surface area contributed by atoms with Gasteiger partial charge in [0, 0.05) is 19.6 Å². The Kier molecular flexibility index (Phi) is 4.05. The summed E-state index contributed by atoms with van der Waals surface area (Å²) >= 11 is 0. The Morgan fingerprint density at radius 3 is 2.52 bits per heavy atom. The minimum absolute atomic E-state index is 0.00984. The van der Waals surface area contributed by atoms with Gasteiger partial charge in [0.05, 0.1) is 0 Å². The fraction of sp³-hybridized carbons (Fsp3) is 0.235. The first kappa shape index (κ1) is 13.5. The Morgan fingerprint density at radius 1 is 1.05 bits per heavy atom. The number of nitrogens with one attached hydrogen (secondary N) is 1. The number of hydrogen-bond donors (Lipinski definition) is 1. The summed E-state index contributed by atoms with van der Waals surface area (Å²) in [7, 11) is 0. The van der Waals surface area contributed by atoms with E-state index in [0.29, 0.717) is 6.54 Å². The van der Waals surface area contributed by atoms with Crippen molar-refractivity contribution >= 4 is 6.03 Å². The van der Waals surface area contributed by atoms with Crippen molar-refractivity contribution in [2.24, 2.45) is 0 Å². The van der Waals surface area contributed by atoms with Gasteiger partial charge in [0.2, 0.25) is 0 Å². The number of urea groups is 1. The molecule has 2 aromatic rings. The van der Waals surface area contributed by atoms with Gasteiger partial charge in [0.25, 0.3) is 0 Å². The molecule has 0 radical (unpaired) electrons. The first-order valence-corrected chi connectivity index (χ1v) is 7.16. The molecule has 2 aromatic carbocycles. The van der Waals surface area contributed by atoms with Crippen LogP contribution in [-0.4, -0.2) is 24.0 Å². The van der Waals surface area contributed by atoms with Crippen LogP contribution in [0, 0.1) is 0 Å². The van der Waals surface area contributed by atoms with E-state index in [-0.39, 0.29) is 6.03 Å². The Balaban J connectivity index is 1.59. The highest BCUT2D eigenvalue weighted by atomic mass is 16.5. The molecule has 0 atom stereocenters. The monoisotopic (exact) mass is 282 g/mol. The van der Waals surface area contributed by atoms with Crippen molar-refractivity contribution in [2.45, 2.75) is 13.0 Å². The average molecular weight is 282 g/mol. The van der Waals surface area contributed by atoms with Crippen LogP contribution in [0.1, 0.15) is 12.0 Å². The Morgan fingerprint density at radius 2 is 1.81 bits per heavy atom. The van der Waals surface area contributed by atoms with Crippen LogP contribution in [0.3, 0.4) is 0 Å². The lowest BCUT2D eigenvalue weighted by molar-refractivity contribution is 0.167. The molecule has 1 aliphatic heterocycles. The molecule has 2 amide bonds. The van der Waals surface area contributed by atoms with Gasteiger partial charge in [-0.15, -0.1) is 0 Å². The third-order valence-electron chi connectivity index (χ3n) is 3.46. The van der Waals surface area contributed by atoms with Gasteiger partial charge in [-0.1, -0.05) is 30.3 Å². The van der Waals surface area contributed by atoms with Gasteiger partial charge >= 0.3 is 6.03 Å². The van der Waals surface area contributed by atoms with Gasteiger partial charge in [0.1, 0.15) is 11.5 Å². The van der Waals surface area contributed by atoms with Gasteiger partial charge in [-0.2, -0.15) is 0 Å². The quantitative estimate of drug-likeness (QED) is 0.934. The molecule has 21 heavy (non-hydrogen) atoms. The second kappa shape index (κ2) is 6.31. The zero-order valence-corrected chi connectivity index (χ0v) is 11.8. The molecule has 0 unspecified atom stereocenters. The van der Waals surface area contributed by atoms with Crippen LogP contribution in [0.15, 0.2) is 54.6 Å². The van der Waals surface area contributed by atoms with Gasteiger partial charge in [-0.3, -0.25) is 0 Å². The highest BCUT2D eigenvalue weighted by Crippen LogP contribution is 2.21. The zero-order chi connectivity index (χ0) is 14.5. The van der Waals surface area contributed by atoms with Crippen LogP contribution in [0.4, 0.5) is 4.79 Å². The first-order valence-electron chi connectivity index (χ1n) is 7.16. The molecule has 108 valence electrons. The minimum atomic E-state index is 0.00984. The molecule has 0 aromatic heterocycles. The summed E-state index contributed by atoms with van der Waals surface area (Å²) in [4.78, 5) is 13.6. The summed E-state index contributed by atoms with van der Waals surface area (Å²) in [6.07, 6.45) is 1.10. The van der Waals surface area contributed by atoms with Gasteiger partial charge in [0.15, 0.2) is 0 Å². The predicted molar refractivity (Wildman–Crippen MR) is 81.4 cm³/mol. The van der Waals surface area contributed by atoms with Crippen LogP contribution in [0.25, 0.3) is 0 Å². The zero-order valence-electron chi connectivity index (χ0n) is 11.8. The van der Waals surface area contributed by atoms with E-state index in [1.807, 2.05) is 59.5 Å². The van der Waals surface area contributed by atoms with Crippen LogP contribution >= 0.6 is 0 Å². The molecule has 4 nitrogen and oxygen atoms in total. The van der Waals surface area contributed by atoms with E-state index >= 15 is 0 Å². The number of carbonyl (C=O) groups is 1. The standard InChI is InChI=1S/C17H18N2O2/c20-17(19-10-5-11-19)18-13-14-6-4-9-16(12-14)21-15-7-2-1-3-8-15/h1-4,6-9,12H,5,10-11,13H2,(H,18,20). The minimum Gasteiger partial charge on any atom is -0.457 e. The van der Waals surface area contributed by atoms with E-state index < -0.39 is 0 Å². The molecule has 0 bridgehead atoms. The molecule has 1 N–H and O–H groups in total. The normalized spacial score (nSPS) is 13.4.